The number of fused-ring (bicyclic) bond motifs is 5. The Morgan fingerprint density at radius 1 is 0.679 bits per heavy atom. The van der Waals surface area contributed by atoms with E-state index >= 15 is 0 Å². The molecule has 0 saturated heterocycles. The maximum absolute atomic E-state index is 2.68. The minimum atomic E-state index is -2.29. The summed E-state index contributed by atoms with van der Waals surface area (Å²) < 4.78 is 14.4. The molecular weight excluding hydrogens is 503 g/mol. The van der Waals surface area contributed by atoms with Gasteiger partial charge in [-0.2, -0.15) is 0 Å². The molecule has 3 heterocycles. The van der Waals surface area contributed by atoms with Crippen LogP contribution in [0.1, 0.15) is 59.3 Å². The third kappa shape index (κ3) is 3.93. The van der Waals surface area contributed by atoms with E-state index in [2.05, 4.69) is 73.8 Å². The second kappa shape index (κ2) is 9.36. The van der Waals surface area contributed by atoms with Gasteiger partial charge in [0.15, 0.2) is 0 Å². The van der Waals surface area contributed by atoms with Crippen molar-refractivity contribution in [2.24, 2.45) is 0 Å². The van der Waals surface area contributed by atoms with Crippen LogP contribution in [0.25, 0.3) is 28.9 Å². The summed E-state index contributed by atoms with van der Waals surface area (Å²) in [5.74, 6) is 0. The van der Waals surface area contributed by atoms with Crippen molar-refractivity contribution in [3.05, 3.63) is 30.3 Å². The molecule has 0 radical (unpaired) electrons. The quantitative estimate of drug-likeness (QED) is 0.178. The molecule has 1 aromatic carbocycles. The van der Waals surface area contributed by atoms with Crippen LogP contribution in [0.5, 0.6) is 0 Å². The molecule has 0 bridgehead atoms. The number of unbranched alkanes of at least 4 members (excludes halogenated alkanes) is 3. The summed E-state index contributed by atoms with van der Waals surface area (Å²) in [5, 5.41) is 1.47. The number of hydrogen-bond donors (Lipinski definition) is 0. The Kier molecular flexibility index (Phi) is 7.07. The number of hydrogen-bond acceptors (Lipinski definition) is 3. The Balaban J connectivity index is 1.81. The molecule has 0 unspecified atom stereocenters. The third-order valence-electron chi connectivity index (χ3n) is 6.22. The standard InChI is InChI=1S/C12H5S3.3C4H9.Sn/c1-2-4-8-7(3-1)10-12(14-8)11-9(15-10)5-6-13-11;3*1-3-4-2;/h1-5H;3*1,3-4H2,2H3;. The fourth-order valence-electron chi connectivity index (χ4n) is 4.54. The van der Waals surface area contributed by atoms with Crippen LogP contribution in [-0.4, -0.2) is 18.4 Å². The van der Waals surface area contributed by atoms with E-state index in [1.54, 1.807) is 27.4 Å². The van der Waals surface area contributed by atoms with Gasteiger partial charge >= 0.3 is 187 Å². The molecule has 0 spiro atoms. The Bertz CT molecular complexity index is 1030. The fourth-order valence-corrected chi connectivity index (χ4v) is 28.1. The van der Waals surface area contributed by atoms with E-state index in [-0.39, 0.29) is 0 Å². The Morgan fingerprint density at radius 2 is 1.29 bits per heavy atom. The molecule has 150 valence electrons. The van der Waals surface area contributed by atoms with E-state index in [1.165, 1.54) is 53.3 Å². The van der Waals surface area contributed by atoms with Crippen LogP contribution < -0.4 is 2.89 Å². The van der Waals surface area contributed by atoms with Gasteiger partial charge in [-0.15, -0.1) is 0 Å². The van der Waals surface area contributed by atoms with Crippen LogP contribution in [0, 0.1) is 0 Å². The van der Waals surface area contributed by atoms with Gasteiger partial charge < -0.3 is 0 Å². The zero-order valence-electron chi connectivity index (χ0n) is 17.5. The topological polar surface area (TPSA) is 0 Å². The summed E-state index contributed by atoms with van der Waals surface area (Å²) in [6.07, 6.45) is 8.43. The molecule has 0 aliphatic heterocycles. The van der Waals surface area contributed by atoms with Crippen molar-refractivity contribution in [3.63, 3.8) is 0 Å². The van der Waals surface area contributed by atoms with Crippen molar-refractivity contribution in [2.75, 3.05) is 0 Å². The van der Waals surface area contributed by atoms with Gasteiger partial charge in [0.05, 0.1) is 0 Å². The first-order valence-electron chi connectivity index (χ1n) is 11.1. The van der Waals surface area contributed by atoms with Crippen LogP contribution in [0.15, 0.2) is 30.3 Å². The average molecular weight is 535 g/mol. The average Bonchev–Trinajstić information content (AvgIpc) is 3.38. The molecule has 0 aliphatic carbocycles. The molecule has 28 heavy (non-hydrogen) atoms. The van der Waals surface area contributed by atoms with E-state index in [0.29, 0.717) is 0 Å². The van der Waals surface area contributed by atoms with Gasteiger partial charge in [-0.3, -0.25) is 0 Å². The first kappa shape index (κ1) is 21.1. The Labute approximate surface area is 185 Å². The van der Waals surface area contributed by atoms with Crippen LogP contribution in [0.3, 0.4) is 0 Å². The minimum absolute atomic E-state index is 1.36. The SMILES string of the molecule is CCC[CH2][Sn]([CH2]CCC)([CH2]CCC)[c]1cc2sc3c4ccccc4sc3c2s1. The summed E-state index contributed by atoms with van der Waals surface area (Å²) in [6, 6.07) is 11.7. The predicted octanol–water partition coefficient (Wildman–Crippen LogP) is 9.39. The molecule has 0 aliphatic rings. The molecule has 4 aromatic rings. The van der Waals surface area contributed by atoms with Crippen molar-refractivity contribution in [1.29, 1.82) is 0 Å². The van der Waals surface area contributed by atoms with E-state index in [4.69, 9.17) is 0 Å². The molecule has 0 fully saturated rings. The zero-order valence-corrected chi connectivity index (χ0v) is 22.8. The Hall–Kier alpha value is -0.101. The molecule has 0 saturated carbocycles. The number of rotatable bonds is 10. The van der Waals surface area contributed by atoms with Gasteiger partial charge in [0.1, 0.15) is 0 Å². The van der Waals surface area contributed by atoms with Gasteiger partial charge in [-0.1, -0.05) is 0 Å². The van der Waals surface area contributed by atoms with Crippen molar-refractivity contribution in [1.82, 2.24) is 0 Å². The maximum atomic E-state index is 2.68. The van der Waals surface area contributed by atoms with Crippen molar-refractivity contribution in [2.45, 2.75) is 72.6 Å². The van der Waals surface area contributed by atoms with Gasteiger partial charge in [0, 0.05) is 0 Å². The van der Waals surface area contributed by atoms with Crippen LogP contribution in [0.2, 0.25) is 13.3 Å². The van der Waals surface area contributed by atoms with Gasteiger partial charge in [0.2, 0.25) is 0 Å². The van der Waals surface area contributed by atoms with Crippen molar-refractivity contribution >= 4 is 84.2 Å². The van der Waals surface area contributed by atoms with Crippen molar-refractivity contribution < 1.29 is 0 Å². The second-order valence-corrected chi connectivity index (χ2v) is 25.6. The summed E-state index contributed by atoms with van der Waals surface area (Å²) in [6.45, 7) is 7.14. The fraction of sp³-hybridized carbons (Fsp3) is 0.500. The molecule has 0 N–H and O–H groups in total. The second-order valence-electron chi connectivity index (χ2n) is 8.25. The van der Waals surface area contributed by atoms with E-state index in [1.807, 2.05) is 14.2 Å². The van der Waals surface area contributed by atoms with E-state index in [9.17, 15) is 0 Å². The molecule has 4 rings (SSSR count). The summed E-state index contributed by atoms with van der Waals surface area (Å²) in [4.78, 5) is 0. The first-order chi connectivity index (χ1) is 13.7. The molecule has 0 amide bonds. The zero-order chi connectivity index (χ0) is 19.6. The Morgan fingerprint density at radius 3 is 1.93 bits per heavy atom. The monoisotopic (exact) mass is 536 g/mol. The molecule has 3 aromatic heterocycles. The predicted molar refractivity (Wildman–Crippen MR) is 137 cm³/mol. The van der Waals surface area contributed by atoms with Crippen LogP contribution in [0.4, 0.5) is 0 Å². The first-order valence-corrected chi connectivity index (χ1v) is 21.0. The van der Waals surface area contributed by atoms with Gasteiger partial charge in [0.25, 0.3) is 0 Å². The van der Waals surface area contributed by atoms with Crippen LogP contribution in [-0.2, 0) is 0 Å². The normalized spacial score (nSPS) is 12.7. The van der Waals surface area contributed by atoms with E-state index < -0.39 is 18.4 Å². The summed E-state index contributed by atoms with van der Waals surface area (Å²) >= 11 is 4.01. The molecule has 0 atom stereocenters. The van der Waals surface area contributed by atoms with E-state index in [0.717, 1.165) is 0 Å². The number of benzene rings is 1. The van der Waals surface area contributed by atoms with Gasteiger partial charge in [-0.05, 0) is 0 Å². The molecule has 4 heteroatoms. The van der Waals surface area contributed by atoms with Crippen LogP contribution >= 0.6 is 34.0 Å². The molecule has 0 nitrogen and oxygen atoms in total. The summed E-state index contributed by atoms with van der Waals surface area (Å²) in [5.41, 5.74) is 0. The third-order valence-corrected chi connectivity index (χ3v) is 28.3. The van der Waals surface area contributed by atoms with Gasteiger partial charge in [-0.25, -0.2) is 0 Å². The van der Waals surface area contributed by atoms with Crippen molar-refractivity contribution in [3.8, 4) is 0 Å². The number of thiophene rings is 3. The molecular formula is C24H32S3Sn. The summed E-state index contributed by atoms with van der Waals surface area (Å²) in [7, 11) is 0.